The van der Waals surface area contributed by atoms with Crippen LogP contribution < -0.4 is 0 Å². The third kappa shape index (κ3) is 6.40. The van der Waals surface area contributed by atoms with Crippen molar-refractivity contribution in [3.8, 4) is 0 Å². The molecule has 5 nitrogen and oxygen atoms in total. The lowest BCUT2D eigenvalue weighted by molar-refractivity contribution is -0.145. The van der Waals surface area contributed by atoms with Gasteiger partial charge in [-0.3, -0.25) is 14.5 Å². The molecule has 0 aliphatic carbocycles. The molecule has 0 aliphatic rings. The van der Waals surface area contributed by atoms with Gasteiger partial charge in [-0.05, 0) is 31.4 Å². The predicted molar refractivity (Wildman–Crippen MR) is 80.3 cm³/mol. The average Bonchev–Trinajstić information content (AvgIpc) is 2.45. The largest absolute Gasteiger partial charge is 0.481 e. The fourth-order valence-corrected chi connectivity index (χ4v) is 2.38. The second-order valence-corrected chi connectivity index (χ2v) is 5.03. The van der Waals surface area contributed by atoms with Crippen molar-refractivity contribution in [2.24, 2.45) is 0 Å². The molecular formula is C16H23NO4. The normalized spacial score (nSPS) is 12.3. The first-order valence-corrected chi connectivity index (χ1v) is 7.27. The van der Waals surface area contributed by atoms with Crippen LogP contribution in [0.1, 0.15) is 31.7 Å². The average molecular weight is 293 g/mol. The Labute approximate surface area is 125 Å². The summed E-state index contributed by atoms with van der Waals surface area (Å²) in [7, 11) is 0. The molecule has 0 heterocycles. The summed E-state index contributed by atoms with van der Waals surface area (Å²) in [5.74, 6) is -1.79. The number of benzene rings is 1. The third-order valence-corrected chi connectivity index (χ3v) is 3.48. The number of aliphatic carboxylic acids is 2. The minimum atomic E-state index is -0.900. The van der Waals surface area contributed by atoms with Gasteiger partial charge in [-0.25, -0.2) is 0 Å². The number of carboxylic acid groups (broad SMARTS) is 2. The standard InChI is InChI=1S/C16H23NO4/c1-2-14(16(20)21)17(12-10-15(18)19)11-6-9-13-7-4-3-5-8-13/h3-5,7-8,14H,2,6,9-12H2,1H3,(H,18,19)(H,20,21). The van der Waals surface area contributed by atoms with Crippen LogP contribution in [0.25, 0.3) is 0 Å². The van der Waals surface area contributed by atoms with Crippen LogP contribution in [0.4, 0.5) is 0 Å². The Bertz CT molecular complexity index is 447. The van der Waals surface area contributed by atoms with E-state index in [1.54, 1.807) is 4.90 Å². The number of carboxylic acids is 2. The summed E-state index contributed by atoms with van der Waals surface area (Å²) in [6, 6.07) is 9.37. The molecule has 1 atom stereocenters. The van der Waals surface area contributed by atoms with Crippen LogP contribution in [-0.2, 0) is 16.0 Å². The van der Waals surface area contributed by atoms with E-state index in [2.05, 4.69) is 0 Å². The molecule has 1 aromatic carbocycles. The van der Waals surface area contributed by atoms with E-state index in [0.717, 1.165) is 12.8 Å². The van der Waals surface area contributed by atoms with E-state index < -0.39 is 18.0 Å². The number of hydrogen-bond donors (Lipinski definition) is 2. The summed E-state index contributed by atoms with van der Waals surface area (Å²) in [5, 5.41) is 18.0. The minimum Gasteiger partial charge on any atom is -0.481 e. The van der Waals surface area contributed by atoms with Gasteiger partial charge in [-0.2, -0.15) is 0 Å². The molecule has 0 aromatic heterocycles. The summed E-state index contributed by atoms with van der Waals surface area (Å²) in [6.07, 6.45) is 2.11. The van der Waals surface area contributed by atoms with E-state index in [0.29, 0.717) is 13.0 Å². The maximum atomic E-state index is 11.3. The van der Waals surface area contributed by atoms with Gasteiger partial charge in [0.05, 0.1) is 6.42 Å². The molecule has 21 heavy (non-hydrogen) atoms. The quantitative estimate of drug-likeness (QED) is 0.692. The zero-order valence-electron chi connectivity index (χ0n) is 12.4. The van der Waals surface area contributed by atoms with E-state index in [4.69, 9.17) is 5.11 Å². The number of rotatable bonds is 10. The SMILES string of the molecule is CCC(C(=O)O)N(CCCc1ccccc1)CCC(=O)O. The maximum absolute atomic E-state index is 11.3. The van der Waals surface area contributed by atoms with Gasteiger partial charge in [0.15, 0.2) is 0 Å². The number of carbonyl (C=O) groups is 2. The van der Waals surface area contributed by atoms with Crippen LogP contribution in [0, 0.1) is 0 Å². The van der Waals surface area contributed by atoms with Gasteiger partial charge in [-0.1, -0.05) is 37.3 Å². The first-order chi connectivity index (χ1) is 10.0. The smallest absolute Gasteiger partial charge is 0.320 e. The molecule has 1 unspecified atom stereocenters. The van der Waals surface area contributed by atoms with E-state index >= 15 is 0 Å². The second kappa shape index (κ2) is 9.13. The Morgan fingerprint density at radius 3 is 2.33 bits per heavy atom. The van der Waals surface area contributed by atoms with Crippen LogP contribution in [0.5, 0.6) is 0 Å². The fourth-order valence-electron chi connectivity index (χ4n) is 2.38. The highest BCUT2D eigenvalue weighted by atomic mass is 16.4. The van der Waals surface area contributed by atoms with Crippen molar-refractivity contribution in [2.75, 3.05) is 13.1 Å². The molecule has 1 aromatic rings. The van der Waals surface area contributed by atoms with Gasteiger partial charge < -0.3 is 10.2 Å². The van der Waals surface area contributed by atoms with Crippen LogP contribution in [-0.4, -0.2) is 46.2 Å². The first-order valence-electron chi connectivity index (χ1n) is 7.27. The van der Waals surface area contributed by atoms with Gasteiger partial charge in [0.1, 0.15) is 6.04 Å². The Morgan fingerprint density at radius 1 is 1.14 bits per heavy atom. The number of hydrogen-bond acceptors (Lipinski definition) is 3. The predicted octanol–water partition coefficient (Wildman–Crippen LogP) is 2.26. The molecule has 0 saturated heterocycles. The summed E-state index contributed by atoms with van der Waals surface area (Å²) in [6.45, 7) is 2.67. The first kappa shape index (κ1) is 17.2. The topological polar surface area (TPSA) is 77.8 Å². The molecule has 0 radical (unpaired) electrons. The fraction of sp³-hybridized carbons (Fsp3) is 0.500. The van der Waals surface area contributed by atoms with Crippen LogP contribution >= 0.6 is 0 Å². The molecule has 0 amide bonds. The molecule has 5 heteroatoms. The lowest BCUT2D eigenvalue weighted by atomic mass is 10.1. The van der Waals surface area contributed by atoms with Gasteiger partial charge in [0.25, 0.3) is 0 Å². The maximum Gasteiger partial charge on any atom is 0.320 e. The zero-order chi connectivity index (χ0) is 15.7. The second-order valence-electron chi connectivity index (χ2n) is 5.03. The van der Waals surface area contributed by atoms with E-state index in [1.165, 1.54) is 5.56 Å². The lowest BCUT2D eigenvalue weighted by Gasteiger charge is -2.27. The van der Waals surface area contributed by atoms with Crippen molar-refractivity contribution >= 4 is 11.9 Å². The minimum absolute atomic E-state index is 0.0326. The van der Waals surface area contributed by atoms with Crippen molar-refractivity contribution in [3.63, 3.8) is 0 Å². The van der Waals surface area contributed by atoms with Crippen molar-refractivity contribution in [2.45, 2.75) is 38.6 Å². The molecular weight excluding hydrogens is 270 g/mol. The Balaban J connectivity index is 2.55. The van der Waals surface area contributed by atoms with Crippen LogP contribution in [0.2, 0.25) is 0 Å². The Kier molecular flexibility index (Phi) is 7.46. The van der Waals surface area contributed by atoms with Crippen molar-refractivity contribution in [3.05, 3.63) is 35.9 Å². The molecule has 0 aliphatic heterocycles. The van der Waals surface area contributed by atoms with Gasteiger partial charge in [0.2, 0.25) is 0 Å². The Morgan fingerprint density at radius 2 is 1.81 bits per heavy atom. The summed E-state index contributed by atoms with van der Waals surface area (Å²) in [4.78, 5) is 23.7. The van der Waals surface area contributed by atoms with Crippen molar-refractivity contribution in [1.29, 1.82) is 0 Å². The van der Waals surface area contributed by atoms with Crippen molar-refractivity contribution < 1.29 is 19.8 Å². The molecule has 0 bridgehead atoms. The Hall–Kier alpha value is -1.88. The lowest BCUT2D eigenvalue weighted by Crippen LogP contribution is -2.42. The van der Waals surface area contributed by atoms with Crippen LogP contribution in [0.3, 0.4) is 0 Å². The monoisotopic (exact) mass is 293 g/mol. The van der Waals surface area contributed by atoms with E-state index in [9.17, 15) is 14.7 Å². The summed E-state index contributed by atoms with van der Waals surface area (Å²) in [5.41, 5.74) is 1.21. The molecule has 0 fully saturated rings. The molecule has 1 rings (SSSR count). The number of aryl methyl sites for hydroxylation is 1. The van der Waals surface area contributed by atoms with Crippen molar-refractivity contribution in [1.82, 2.24) is 4.90 Å². The van der Waals surface area contributed by atoms with Gasteiger partial charge >= 0.3 is 11.9 Å². The van der Waals surface area contributed by atoms with Gasteiger partial charge in [0, 0.05) is 6.54 Å². The summed E-state index contributed by atoms with van der Waals surface area (Å²) >= 11 is 0. The molecule has 0 spiro atoms. The molecule has 0 saturated carbocycles. The number of nitrogens with zero attached hydrogens (tertiary/aromatic N) is 1. The molecule has 116 valence electrons. The van der Waals surface area contributed by atoms with Gasteiger partial charge in [-0.15, -0.1) is 0 Å². The van der Waals surface area contributed by atoms with E-state index in [-0.39, 0.29) is 13.0 Å². The van der Waals surface area contributed by atoms with E-state index in [1.807, 2.05) is 37.3 Å². The highest BCUT2D eigenvalue weighted by Gasteiger charge is 2.23. The summed E-state index contributed by atoms with van der Waals surface area (Å²) < 4.78 is 0. The third-order valence-electron chi connectivity index (χ3n) is 3.48. The highest BCUT2D eigenvalue weighted by Crippen LogP contribution is 2.09. The highest BCUT2D eigenvalue weighted by molar-refractivity contribution is 5.73. The zero-order valence-corrected chi connectivity index (χ0v) is 12.4. The molecule has 2 N–H and O–H groups in total. The van der Waals surface area contributed by atoms with Crippen LogP contribution in [0.15, 0.2) is 30.3 Å².